The van der Waals surface area contributed by atoms with Crippen LogP contribution in [0, 0.1) is 6.92 Å². The Hall–Kier alpha value is -4.19. The predicted molar refractivity (Wildman–Crippen MR) is 151 cm³/mol. The quantitative estimate of drug-likeness (QED) is 0.233. The number of carbonyl (C=O) groups excluding carboxylic acids is 1. The van der Waals surface area contributed by atoms with Crippen molar-refractivity contribution in [2.45, 2.75) is 26.1 Å². The predicted octanol–water partition coefficient (Wildman–Crippen LogP) is 6.18. The summed E-state index contributed by atoms with van der Waals surface area (Å²) in [7, 11) is 3.02. The summed E-state index contributed by atoms with van der Waals surface area (Å²) in [6, 6.07) is 8.98. The molecule has 0 aliphatic carbocycles. The summed E-state index contributed by atoms with van der Waals surface area (Å²) >= 11 is 3.57. The van der Waals surface area contributed by atoms with Crippen molar-refractivity contribution < 1.29 is 22.7 Å². The highest BCUT2D eigenvalue weighted by atomic mass is 79.9. The number of alkyl halides is 3. The van der Waals surface area contributed by atoms with E-state index in [-0.39, 0.29) is 18.0 Å². The molecular weight excluding hydrogens is 601 g/mol. The summed E-state index contributed by atoms with van der Waals surface area (Å²) in [5, 5.41) is 4.44. The lowest BCUT2D eigenvalue weighted by Crippen LogP contribution is -2.38. The molecule has 0 fully saturated rings. The maximum atomic E-state index is 14.2. The fourth-order valence-corrected chi connectivity index (χ4v) is 5.95. The van der Waals surface area contributed by atoms with E-state index in [0.29, 0.717) is 52.2 Å². The van der Waals surface area contributed by atoms with Crippen molar-refractivity contribution in [2.75, 3.05) is 18.6 Å². The molecule has 1 aliphatic heterocycles. The molecule has 4 heterocycles. The summed E-state index contributed by atoms with van der Waals surface area (Å²) in [5.41, 5.74) is 2.96. The zero-order valence-electron chi connectivity index (χ0n) is 22.3. The maximum absolute atomic E-state index is 14.2. The van der Waals surface area contributed by atoms with Crippen molar-refractivity contribution in [3.63, 3.8) is 0 Å². The average molecular weight is 625 g/mol. The lowest BCUT2D eigenvalue weighted by atomic mass is 9.87. The van der Waals surface area contributed by atoms with Gasteiger partial charge in [0.1, 0.15) is 5.75 Å². The van der Waals surface area contributed by atoms with E-state index < -0.39 is 11.9 Å². The fraction of sp³-hybridized carbons (Fsp3) is 0.241. The van der Waals surface area contributed by atoms with Gasteiger partial charge < -0.3 is 14.2 Å². The van der Waals surface area contributed by atoms with Crippen molar-refractivity contribution in [3.05, 3.63) is 87.8 Å². The van der Waals surface area contributed by atoms with Crippen LogP contribution >= 0.6 is 15.9 Å². The molecule has 0 saturated carbocycles. The van der Waals surface area contributed by atoms with Crippen LogP contribution in [0.5, 0.6) is 5.75 Å². The minimum Gasteiger partial charge on any atom is -0.497 e. The molecule has 5 aromatic rings. The van der Waals surface area contributed by atoms with Gasteiger partial charge in [0.15, 0.2) is 5.69 Å². The van der Waals surface area contributed by atoms with Crippen LogP contribution in [0.3, 0.4) is 0 Å². The number of fused-ring (bicyclic) bond motifs is 2. The van der Waals surface area contributed by atoms with Crippen molar-refractivity contribution >= 4 is 38.4 Å². The van der Waals surface area contributed by atoms with E-state index in [2.05, 4.69) is 31.0 Å². The van der Waals surface area contributed by atoms with E-state index in [9.17, 15) is 18.0 Å². The second-order valence-corrected chi connectivity index (χ2v) is 10.8. The maximum Gasteiger partial charge on any atom is 0.435 e. The average Bonchev–Trinajstić information content (AvgIpc) is 3.58. The Labute approximate surface area is 241 Å². The van der Waals surface area contributed by atoms with Gasteiger partial charge in [-0.1, -0.05) is 0 Å². The molecule has 2 aromatic carbocycles. The normalized spacial score (nSPS) is 13.6. The van der Waals surface area contributed by atoms with Gasteiger partial charge in [-0.05, 0) is 76.3 Å². The third-order valence-electron chi connectivity index (χ3n) is 7.16. The van der Waals surface area contributed by atoms with Crippen molar-refractivity contribution in [2.24, 2.45) is 7.05 Å². The van der Waals surface area contributed by atoms with Crippen molar-refractivity contribution in [3.8, 4) is 16.9 Å². The van der Waals surface area contributed by atoms with Gasteiger partial charge in [0.05, 0.1) is 24.6 Å². The molecule has 6 rings (SSSR count). The molecule has 1 aliphatic rings. The number of aromatic nitrogens is 5. The number of carbonyl (C=O) groups is 1. The largest absolute Gasteiger partial charge is 0.497 e. The SMILES string of the molecule is COc1cc(Br)c2nc(C)cc(N3CCc4c(cc(Cn5ccnc5)cc4-c4cn(C)nc4C(F)(F)F)C3=O)c2c1. The number of imidazole rings is 1. The van der Waals surface area contributed by atoms with Gasteiger partial charge in [-0.3, -0.25) is 14.5 Å². The molecule has 0 unspecified atom stereocenters. The zero-order valence-corrected chi connectivity index (χ0v) is 23.9. The van der Waals surface area contributed by atoms with Gasteiger partial charge in [-0.25, -0.2) is 4.98 Å². The number of benzene rings is 2. The van der Waals surface area contributed by atoms with E-state index in [1.54, 1.807) is 47.4 Å². The molecule has 12 heteroatoms. The molecule has 8 nitrogen and oxygen atoms in total. The molecule has 1 amide bonds. The highest BCUT2D eigenvalue weighted by Crippen LogP contribution is 2.42. The Morgan fingerprint density at radius 1 is 1.10 bits per heavy atom. The van der Waals surface area contributed by atoms with Crippen LogP contribution in [0.4, 0.5) is 18.9 Å². The first kappa shape index (κ1) is 27.0. The number of pyridine rings is 1. The van der Waals surface area contributed by atoms with Gasteiger partial charge in [0.2, 0.25) is 0 Å². The summed E-state index contributed by atoms with van der Waals surface area (Å²) in [6.45, 7) is 2.45. The number of ether oxygens (including phenoxy) is 1. The molecule has 0 saturated heterocycles. The Kier molecular flexibility index (Phi) is 6.60. The van der Waals surface area contributed by atoms with Crippen LogP contribution < -0.4 is 9.64 Å². The Morgan fingerprint density at radius 2 is 1.88 bits per heavy atom. The van der Waals surface area contributed by atoms with Crippen LogP contribution in [0.15, 0.2) is 59.7 Å². The molecule has 0 bridgehead atoms. The Bertz CT molecular complexity index is 1810. The van der Waals surface area contributed by atoms with Gasteiger partial charge in [0, 0.05) is 65.4 Å². The van der Waals surface area contributed by atoms with E-state index in [1.807, 2.05) is 25.1 Å². The third kappa shape index (κ3) is 4.86. The summed E-state index contributed by atoms with van der Waals surface area (Å²) in [4.78, 5) is 24.6. The summed E-state index contributed by atoms with van der Waals surface area (Å²) in [5.74, 6) is 0.297. The molecule has 3 aromatic heterocycles. The molecule has 0 atom stereocenters. The molecule has 0 radical (unpaired) electrons. The molecular formula is C29H24BrF3N6O2. The van der Waals surface area contributed by atoms with Gasteiger partial charge in [0.25, 0.3) is 5.91 Å². The smallest absolute Gasteiger partial charge is 0.435 e. The Morgan fingerprint density at radius 3 is 2.59 bits per heavy atom. The number of halogens is 4. The standard InChI is InChI=1S/C29H24BrF3N6O2/c1-16-8-25(22-11-18(41-3)12-24(30)26(22)35-16)39-6-4-19-20(23-14-37(2)36-27(23)29(31,32)33)9-17(10-21(19)28(39)40)13-38-7-5-34-15-38/h5,7-12,14-15H,4,6,13H2,1-3H3. The van der Waals surface area contributed by atoms with Crippen molar-refractivity contribution in [1.82, 2.24) is 24.3 Å². The molecule has 0 spiro atoms. The van der Waals surface area contributed by atoms with E-state index in [0.717, 1.165) is 20.2 Å². The van der Waals surface area contributed by atoms with Crippen LogP contribution in [-0.4, -0.2) is 43.9 Å². The number of hydrogen-bond donors (Lipinski definition) is 0. The van der Waals surface area contributed by atoms with Crippen molar-refractivity contribution in [1.29, 1.82) is 0 Å². The second kappa shape index (κ2) is 10.0. The van der Waals surface area contributed by atoms with Crippen LogP contribution in [0.25, 0.3) is 22.0 Å². The zero-order chi connectivity index (χ0) is 29.1. The molecule has 210 valence electrons. The topological polar surface area (TPSA) is 78.1 Å². The number of rotatable bonds is 5. The van der Waals surface area contributed by atoms with Gasteiger partial charge >= 0.3 is 6.18 Å². The summed E-state index contributed by atoms with van der Waals surface area (Å²) < 4.78 is 51.3. The Balaban J connectivity index is 1.54. The first-order valence-corrected chi connectivity index (χ1v) is 13.5. The molecule has 41 heavy (non-hydrogen) atoms. The number of amides is 1. The van der Waals surface area contributed by atoms with Crippen LogP contribution in [0.2, 0.25) is 0 Å². The lowest BCUT2D eigenvalue weighted by molar-refractivity contribution is -0.140. The van der Waals surface area contributed by atoms with Crippen LogP contribution in [-0.2, 0) is 26.2 Å². The monoisotopic (exact) mass is 624 g/mol. The fourth-order valence-electron chi connectivity index (χ4n) is 5.42. The van der Waals surface area contributed by atoms with Gasteiger partial charge in [-0.15, -0.1) is 0 Å². The lowest BCUT2D eigenvalue weighted by Gasteiger charge is -2.31. The summed E-state index contributed by atoms with van der Waals surface area (Å²) in [6.07, 6.45) is 2.06. The number of methoxy groups -OCH3 is 1. The number of nitrogens with zero attached hydrogens (tertiary/aromatic N) is 6. The highest BCUT2D eigenvalue weighted by Gasteiger charge is 2.39. The van der Waals surface area contributed by atoms with Gasteiger partial charge in [-0.2, -0.15) is 18.3 Å². The van der Waals surface area contributed by atoms with E-state index >= 15 is 0 Å². The first-order chi connectivity index (χ1) is 19.5. The number of aryl methyl sites for hydroxylation is 2. The number of hydrogen-bond acceptors (Lipinski definition) is 5. The van der Waals surface area contributed by atoms with Crippen LogP contribution in [0.1, 0.15) is 32.9 Å². The highest BCUT2D eigenvalue weighted by molar-refractivity contribution is 9.10. The number of anilines is 1. The van der Waals surface area contributed by atoms with E-state index in [4.69, 9.17) is 4.74 Å². The van der Waals surface area contributed by atoms with E-state index in [1.165, 1.54) is 13.2 Å². The molecule has 0 N–H and O–H groups in total. The minimum atomic E-state index is -4.66. The minimum absolute atomic E-state index is 0.0520. The second-order valence-electron chi connectivity index (χ2n) is 9.96. The third-order valence-corrected chi connectivity index (χ3v) is 7.76. The first-order valence-electron chi connectivity index (χ1n) is 12.7.